The number of hydrogen-bond donors (Lipinski definition) is 1. The molecule has 9 heteroatoms. The Morgan fingerprint density at radius 3 is 2.26 bits per heavy atom. The number of ketones is 1. The molecular formula is C25H21ClN6O2. The van der Waals surface area contributed by atoms with E-state index in [1.54, 1.807) is 46.9 Å². The van der Waals surface area contributed by atoms with Crippen molar-refractivity contribution in [2.75, 3.05) is 12.4 Å². The van der Waals surface area contributed by atoms with E-state index in [0.717, 1.165) is 22.4 Å². The Kier molecular flexibility index (Phi) is 6.51. The summed E-state index contributed by atoms with van der Waals surface area (Å²) in [7, 11) is 3.55. The highest BCUT2D eigenvalue weighted by Crippen LogP contribution is 2.24. The molecule has 170 valence electrons. The van der Waals surface area contributed by atoms with E-state index >= 15 is 0 Å². The van der Waals surface area contributed by atoms with Crippen molar-refractivity contribution in [2.24, 2.45) is 17.1 Å². The van der Waals surface area contributed by atoms with Gasteiger partial charge in [0.2, 0.25) is 0 Å². The standard InChI is InChI=1S/C25H21ClN6O2/c1-27-23(22-12-18(15-32(22)28-2)19-13-29-31(3)14-19)16-6-10-21(11-7-16)30-25(34)24(33)17-4-8-20(26)9-5-17/h4-15H,2H2,1,3H3,(H,30,34). The lowest BCUT2D eigenvalue weighted by Crippen LogP contribution is -2.22. The number of carbonyl (C=O) groups is 2. The summed E-state index contributed by atoms with van der Waals surface area (Å²) in [4.78, 5) is 29.2. The minimum atomic E-state index is -0.731. The van der Waals surface area contributed by atoms with Crippen molar-refractivity contribution in [3.63, 3.8) is 0 Å². The maximum atomic E-state index is 12.4. The van der Waals surface area contributed by atoms with Gasteiger partial charge in [0.1, 0.15) is 0 Å². The van der Waals surface area contributed by atoms with Crippen molar-refractivity contribution in [3.05, 3.63) is 95.0 Å². The Hall–Kier alpha value is -4.30. The van der Waals surface area contributed by atoms with Crippen molar-refractivity contribution in [2.45, 2.75) is 0 Å². The molecule has 34 heavy (non-hydrogen) atoms. The second-order valence-corrected chi connectivity index (χ2v) is 7.88. The van der Waals surface area contributed by atoms with Gasteiger partial charge in [0.15, 0.2) is 0 Å². The van der Waals surface area contributed by atoms with Crippen LogP contribution >= 0.6 is 11.6 Å². The first-order valence-corrected chi connectivity index (χ1v) is 10.6. The number of carbonyl (C=O) groups excluding carboxylic acids is 2. The van der Waals surface area contributed by atoms with Gasteiger partial charge in [-0.25, -0.2) is 4.68 Å². The fourth-order valence-corrected chi connectivity index (χ4v) is 3.62. The number of Topliss-reactive ketones (excluding diaryl/α,β-unsaturated/α-hetero) is 1. The number of rotatable bonds is 7. The Bertz CT molecular complexity index is 1400. The van der Waals surface area contributed by atoms with Gasteiger partial charge in [-0.3, -0.25) is 19.3 Å². The maximum Gasteiger partial charge on any atom is 0.296 e. The SMILES string of the molecule is C=Nn1cc(-c2cnn(C)c2)cc1C(=NC)c1ccc(NC(=O)C(=O)c2ccc(Cl)cc2)cc1. The molecule has 0 aliphatic rings. The van der Waals surface area contributed by atoms with Crippen molar-refractivity contribution in [1.29, 1.82) is 0 Å². The van der Waals surface area contributed by atoms with E-state index in [2.05, 4.69) is 27.2 Å². The first kappa shape index (κ1) is 22.9. The number of nitrogens with one attached hydrogen (secondary N) is 1. The van der Waals surface area contributed by atoms with E-state index in [1.165, 1.54) is 12.1 Å². The fourth-order valence-electron chi connectivity index (χ4n) is 3.50. The zero-order chi connectivity index (χ0) is 24.2. The second-order valence-electron chi connectivity index (χ2n) is 7.44. The van der Waals surface area contributed by atoms with Crippen LogP contribution in [0, 0.1) is 0 Å². The molecule has 0 saturated carbocycles. The van der Waals surface area contributed by atoms with Crippen LogP contribution in [0.5, 0.6) is 0 Å². The molecule has 0 fully saturated rings. The largest absolute Gasteiger partial charge is 0.319 e. The van der Waals surface area contributed by atoms with E-state index < -0.39 is 11.7 Å². The van der Waals surface area contributed by atoms with Crippen molar-refractivity contribution < 1.29 is 9.59 Å². The van der Waals surface area contributed by atoms with Gasteiger partial charge in [0.05, 0.1) is 17.6 Å². The molecule has 4 aromatic rings. The normalized spacial score (nSPS) is 11.3. The molecule has 0 atom stereocenters. The first-order chi connectivity index (χ1) is 16.4. The number of aromatic nitrogens is 3. The van der Waals surface area contributed by atoms with Gasteiger partial charge in [-0.2, -0.15) is 10.2 Å². The van der Waals surface area contributed by atoms with Crippen molar-refractivity contribution in [3.8, 4) is 11.1 Å². The van der Waals surface area contributed by atoms with Gasteiger partial charge >= 0.3 is 0 Å². The van der Waals surface area contributed by atoms with Gasteiger partial charge in [-0.05, 0) is 42.5 Å². The number of aliphatic imine (C=N–C) groups is 1. The summed E-state index contributed by atoms with van der Waals surface area (Å²) in [6.07, 6.45) is 5.55. The van der Waals surface area contributed by atoms with Crippen LogP contribution in [-0.2, 0) is 11.8 Å². The summed E-state index contributed by atoms with van der Waals surface area (Å²) in [5.74, 6) is -1.38. The van der Waals surface area contributed by atoms with E-state index in [0.29, 0.717) is 16.4 Å². The fraction of sp³-hybridized carbons (Fsp3) is 0.0800. The summed E-state index contributed by atoms with van der Waals surface area (Å²) in [5.41, 5.74) is 4.89. The lowest BCUT2D eigenvalue weighted by molar-refractivity contribution is -0.112. The molecule has 0 saturated heterocycles. The zero-order valence-electron chi connectivity index (χ0n) is 18.6. The smallest absolute Gasteiger partial charge is 0.296 e. The lowest BCUT2D eigenvalue weighted by Gasteiger charge is -2.09. The van der Waals surface area contributed by atoms with Crippen LogP contribution < -0.4 is 5.32 Å². The van der Waals surface area contributed by atoms with Crippen LogP contribution in [0.2, 0.25) is 5.02 Å². The quantitative estimate of drug-likeness (QED) is 0.247. The third-order valence-electron chi connectivity index (χ3n) is 5.19. The molecule has 0 aliphatic heterocycles. The number of halogens is 1. The molecule has 0 unspecified atom stereocenters. The van der Waals surface area contributed by atoms with Crippen molar-refractivity contribution >= 4 is 41.4 Å². The number of aryl methyl sites for hydroxylation is 1. The predicted molar refractivity (Wildman–Crippen MR) is 134 cm³/mol. The summed E-state index contributed by atoms with van der Waals surface area (Å²) in [6.45, 7) is 3.66. The Morgan fingerprint density at radius 2 is 1.68 bits per heavy atom. The Labute approximate surface area is 201 Å². The highest BCUT2D eigenvalue weighted by Gasteiger charge is 2.18. The molecule has 0 aliphatic carbocycles. The molecule has 0 bridgehead atoms. The van der Waals surface area contributed by atoms with Gasteiger partial charge in [0, 0.05) is 66.2 Å². The predicted octanol–water partition coefficient (Wildman–Crippen LogP) is 4.29. The van der Waals surface area contributed by atoms with E-state index in [-0.39, 0.29) is 5.56 Å². The molecular weight excluding hydrogens is 452 g/mol. The molecule has 1 amide bonds. The van der Waals surface area contributed by atoms with Crippen LogP contribution in [0.3, 0.4) is 0 Å². The summed E-state index contributed by atoms with van der Waals surface area (Å²) in [5, 5.41) is 11.4. The third kappa shape index (κ3) is 4.72. The summed E-state index contributed by atoms with van der Waals surface area (Å²) in [6, 6.07) is 15.2. The molecule has 8 nitrogen and oxygen atoms in total. The van der Waals surface area contributed by atoms with Crippen LogP contribution in [0.1, 0.15) is 21.6 Å². The minimum absolute atomic E-state index is 0.265. The van der Waals surface area contributed by atoms with Gasteiger partial charge < -0.3 is 5.32 Å². The van der Waals surface area contributed by atoms with E-state index in [9.17, 15) is 9.59 Å². The van der Waals surface area contributed by atoms with Crippen LogP contribution in [0.25, 0.3) is 11.1 Å². The van der Waals surface area contributed by atoms with E-state index in [4.69, 9.17) is 11.6 Å². The molecule has 2 heterocycles. The molecule has 0 spiro atoms. The topological polar surface area (TPSA) is 93.6 Å². The number of nitrogens with zero attached hydrogens (tertiary/aromatic N) is 5. The molecule has 0 radical (unpaired) electrons. The number of benzene rings is 2. The van der Waals surface area contributed by atoms with Gasteiger partial charge in [0.25, 0.3) is 11.7 Å². The van der Waals surface area contributed by atoms with Gasteiger partial charge in [-0.1, -0.05) is 23.7 Å². The van der Waals surface area contributed by atoms with Crippen LogP contribution in [0.15, 0.2) is 83.3 Å². The monoisotopic (exact) mass is 472 g/mol. The average Bonchev–Trinajstić information content (AvgIpc) is 3.47. The third-order valence-corrected chi connectivity index (χ3v) is 5.44. The van der Waals surface area contributed by atoms with Crippen molar-refractivity contribution in [1.82, 2.24) is 14.5 Å². The zero-order valence-corrected chi connectivity index (χ0v) is 19.3. The number of hydrogen-bond acceptors (Lipinski definition) is 5. The maximum absolute atomic E-state index is 12.4. The first-order valence-electron chi connectivity index (χ1n) is 10.3. The number of amides is 1. The highest BCUT2D eigenvalue weighted by molar-refractivity contribution is 6.46. The van der Waals surface area contributed by atoms with Gasteiger partial charge in [-0.15, -0.1) is 0 Å². The number of anilines is 1. The summed E-state index contributed by atoms with van der Waals surface area (Å²) >= 11 is 5.84. The Morgan fingerprint density at radius 1 is 1.00 bits per heavy atom. The van der Waals surface area contributed by atoms with Crippen LogP contribution in [-0.4, -0.2) is 45.6 Å². The highest BCUT2D eigenvalue weighted by atomic mass is 35.5. The summed E-state index contributed by atoms with van der Waals surface area (Å²) < 4.78 is 3.39. The lowest BCUT2D eigenvalue weighted by atomic mass is 10.1. The Balaban J connectivity index is 1.54. The second kappa shape index (κ2) is 9.68. The minimum Gasteiger partial charge on any atom is -0.319 e. The molecule has 4 rings (SSSR count). The average molecular weight is 473 g/mol. The molecule has 2 aromatic carbocycles. The van der Waals surface area contributed by atoms with E-state index in [1.807, 2.05) is 37.6 Å². The molecule has 2 aromatic heterocycles. The van der Waals surface area contributed by atoms with Crippen LogP contribution in [0.4, 0.5) is 5.69 Å². The molecule has 1 N–H and O–H groups in total.